The number of likely N-dealkylation sites (tertiary alicyclic amines) is 1. The van der Waals surface area contributed by atoms with E-state index >= 15 is 0 Å². The monoisotopic (exact) mass is 306 g/mol. The number of pyridine rings is 1. The molecule has 3 nitrogen and oxygen atoms in total. The second-order valence-electron chi connectivity index (χ2n) is 5.93. The summed E-state index contributed by atoms with van der Waals surface area (Å²) in [4.78, 5) is 6.67. The normalized spacial score (nSPS) is 17.8. The molecule has 1 unspecified atom stereocenters. The lowest BCUT2D eigenvalue weighted by molar-refractivity contribution is 0.140. The molecule has 1 aliphatic rings. The molecule has 0 saturated carbocycles. The predicted molar refractivity (Wildman–Crippen MR) is 91.7 cm³/mol. The highest BCUT2D eigenvalue weighted by molar-refractivity contribution is 5.41. The maximum absolute atomic E-state index is 11.2. The predicted octanol–water partition coefficient (Wildman–Crippen LogP) is 2.81. The second kappa shape index (κ2) is 7.41. The summed E-state index contributed by atoms with van der Waals surface area (Å²) in [6, 6.07) is 15.1. The molecule has 0 spiro atoms. The van der Waals surface area contributed by atoms with Crippen LogP contribution in [0.2, 0.25) is 0 Å². The SMILES string of the molecule is OC(C#CCN1CCCCC1)(c1ccccc1)c1ccccn1. The first-order chi connectivity index (χ1) is 11.3. The zero-order valence-corrected chi connectivity index (χ0v) is 13.3. The van der Waals surface area contributed by atoms with E-state index in [0.29, 0.717) is 12.2 Å². The van der Waals surface area contributed by atoms with Crippen molar-refractivity contribution in [2.24, 2.45) is 0 Å². The molecule has 1 saturated heterocycles. The van der Waals surface area contributed by atoms with Gasteiger partial charge in [-0.15, -0.1) is 0 Å². The van der Waals surface area contributed by atoms with Gasteiger partial charge >= 0.3 is 0 Å². The lowest BCUT2D eigenvalue weighted by Crippen LogP contribution is -2.31. The number of nitrogens with zero attached hydrogens (tertiary/aromatic N) is 2. The number of aliphatic hydroxyl groups is 1. The van der Waals surface area contributed by atoms with Crippen LogP contribution in [0.3, 0.4) is 0 Å². The van der Waals surface area contributed by atoms with Crippen LogP contribution in [0.4, 0.5) is 0 Å². The van der Waals surface area contributed by atoms with Gasteiger partial charge in [-0.25, -0.2) is 0 Å². The van der Waals surface area contributed by atoms with Gasteiger partial charge in [0.15, 0.2) is 5.60 Å². The van der Waals surface area contributed by atoms with Gasteiger partial charge in [0.2, 0.25) is 0 Å². The van der Waals surface area contributed by atoms with Gasteiger partial charge in [-0.3, -0.25) is 9.88 Å². The van der Waals surface area contributed by atoms with Crippen molar-refractivity contribution in [3.8, 4) is 11.8 Å². The molecule has 0 bridgehead atoms. The van der Waals surface area contributed by atoms with Crippen molar-refractivity contribution in [2.75, 3.05) is 19.6 Å². The van der Waals surface area contributed by atoms with E-state index in [1.807, 2.05) is 48.5 Å². The summed E-state index contributed by atoms with van der Waals surface area (Å²) in [5.41, 5.74) is -0.0413. The van der Waals surface area contributed by atoms with Crippen LogP contribution in [-0.4, -0.2) is 34.6 Å². The van der Waals surface area contributed by atoms with Crippen LogP contribution >= 0.6 is 0 Å². The summed E-state index contributed by atoms with van der Waals surface area (Å²) in [6.45, 7) is 2.89. The van der Waals surface area contributed by atoms with Gasteiger partial charge in [-0.1, -0.05) is 54.7 Å². The number of rotatable bonds is 3. The van der Waals surface area contributed by atoms with Crippen molar-refractivity contribution < 1.29 is 5.11 Å². The molecule has 3 heteroatoms. The molecule has 23 heavy (non-hydrogen) atoms. The van der Waals surface area contributed by atoms with Crippen molar-refractivity contribution in [1.82, 2.24) is 9.88 Å². The second-order valence-corrected chi connectivity index (χ2v) is 5.93. The highest BCUT2D eigenvalue weighted by Crippen LogP contribution is 2.27. The lowest BCUT2D eigenvalue weighted by atomic mass is 9.90. The molecule has 118 valence electrons. The molecule has 2 aromatic rings. The zero-order chi connectivity index (χ0) is 16.0. The van der Waals surface area contributed by atoms with Crippen LogP contribution in [0.1, 0.15) is 30.5 Å². The fraction of sp³-hybridized carbons (Fsp3) is 0.350. The molecule has 0 radical (unpaired) electrons. The van der Waals surface area contributed by atoms with Gasteiger partial charge < -0.3 is 5.11 Å². The summed E-state index contributed by atoms with van der Waals surface area (Å²) in [5, 5.41) is 11.2. The Morgan fingerprint density at radius 1 is 1.00 bits per heavy atom. The molecule has 0 amide bonds. The summed E-state index contributed by atoms with van der Waals surface area (Å²) in [7, 11) is 0. The molecule has 1 atom stereocenters. The van der Waals surface area contributed by atoms with Crippen LogP contribution in [0, 0.1) is 11.8 Å². The number of hydrogen-bond donors (Lipinski definition) is 1. The minimum Gasteiger partial charge on any atom is -0.368 e. The fourth-order valence-electron chi connectivity index (χ4n) is 2.94. The van der Waals surface area contributed by atoms with Crippen LogP contribution in [0.15, 0.2) is 54.7 Å². The van der Waals surface area contributed by atoms with E-state index in [9.17, 15) is 5.11 Å². The Balaban J connectivity index is 1.87. The highest BCUT2D eigenvalue weighted by Gasteiger charge is 2.30. The third-order valence-electron chi connectivity index (χ3n) is 4.25. The van der Waals surface area contributed by atoms with Crippen molar-refractivity contribution in [3.63, 3.8) is 0 Å². The molecule has 2 heterocycles. The smallest absolute Gasteiger partial charge is 0.194 e. The molecule has 3 rings (SSSR count). The maximum Gasteiger partial charge on any atom is 0.194 e. The Kier molecular flexibility index (Phi) is 5.07. The summed E-state index contributed by atoms with van der Waals surface area (Å²) >= 11 is 0. The van der Waals surface area contributed by atoms with E-state index in [1.54, 1.807) is 6.20 Å². The number of aromatic nitrogens is 1. The van der Waals surface area contributed by atoms with Gasteiger partial charge in [0, 0.05) is 11.8 Å². The largest absolute Gasteiger partial charge is 0.368 e. The van der Waals surface area contributed by atoms with Crippen LogP contribution in [-0.2, 0) is 5.60 Å². The molecular weight excluding hydrogens is 284 g/mol. The molecule has 1 aromatic heterocycles. The van der Waals surface area contributed by atoms with Gasteiger partial charge in [0.1, 0.15) is 0 Å². The van der Waals surface area contributed by atoms with E-state index in [-0.39, 0.29) is 0 Å². The van der Waals surface area contributed by atoms with Gasteiger partial charge in [0.25, 0.3) is 0 Å². The van der Waals surface area contributed by atoms with E-state index in [2.05, 4.69) is 21.7 Å². The molecule has 1 fully saturated rings. The Hall–Kier alpha value is -2.15. The van der Waals surface area contributed by atoms with E-state index in [0.717, 1.165) is 18.7 Å². The van der Waals surface area contributed by atoms with Gasteiger partial charge in [0.05, 0.1) is 12.2 Å². The summed E-state index contributed by atoms with van der Waals surface area (Å²) in [5.74, 6) is 6.26. The minimum atomic E-state index is -1.36. The first-order valence-electron chi connectivity index (χ1n) is 8.21. The molecule has 1 aromatic carbocycles. The van der Waals surface area contributed by atoms with Crippen molar-refractivity contribution in [3.05, 3.63) is 66.0 Å². The van der Waals surface area contributed by atoms with Crippen molar-refractivity contribution in [1.29, 1.82) is 0 Å². The van der Waals surface area contributed by atoms with Crippen LogP contribution in [0.5, 0.6) is 0 Å². The van der Waals surface area contributed by atoms with Gasteiger partial charge in [-0.2, -0.15) is 0 Å². The molecular formula is C20H22N2O. The average molecular weight is 306 g/mol. The average Bonchev–Trinajstić information content (AvgIpc) is 2.64. The highest BCUT2D eigenvalue weighted by atomic mass is 16.3. The standard InChI is InChI=1S/C20H22N2O/c23-20(18-10-3-1-4-11-18,19-12-5-6-14-21-19)13-9-17-22-15-7-2-8-16-22/h1,3-6,10-12,14,23H,2,7-8,15-17H2. The third-order valence-corrected chi connectivity index (χ3v) is 4.25. The lowest BCUT2D eigenvalue weighted by Gasteiger charge is -2.25. The van der Waals surface area contributed by atoms with Gasteiger partial charge in [-0.05, 0) is 38.1 Å². The van der Waals surface area contributed by atoms with Crippen molar-refractivity contribution >= 4 is 0 Å². The first kappa shape index (κ1) is 15.7. The quantitative estimate of drug-likeness (QED) is 0.886. The Labute approximate surface area is 138 Å². The Morgan fingerprint density at radius 2 is 1.74 bits per heavy atom. The number of piperidine rings is 1. The summed E-state index contributed by atoms with van der Waals surface area (Å²) < 4.78 is 0. The number of hydrogen-bond acceptors (Lipinski definition) is 3. The number of benzene rings is 1. The first-order valence-corrected chi connectivity index (χ1v) is 8.21. The molecule has 1 N–H and O–H groups in total. The fourth-order valence-corrected chi connectivity index (χ4v) is 2.94. The van der Waals surface area contributed by atoms with Crippen LogP contribution in [0.25, 0.3) is 0 Å². The van der Waals surface area contributed by atoms with E-state index in [4.69, 9.17) is 0 Å². The van der Waals surface area contributed by atoms with Crippen molar-refractivity contribution in [2.45, 2.75) is 24.9 Å². The Morgan fingerprint density at radius 3 is 2.43 bits per heavy atom. The Bertz CT molecular complexity index is 628. The van der Waals surface area contributed by atoms with E-state index < -0.39 is 5.60 Å². The van der Waals surface area contributed by atoms with E-state index in [1.165, 1.54) is 19.3 Å². The third kappa shape index (κ3) is 3.79. The molecule has 0 aliphatic carbocycles. The maximum atomic E-state index is 11.2. The zero-order valence-electron chi connectivity index (χ0n) is 13.3. The molecule has 1 aliphatic heterocycles. The topological polar surface area (TPSA) is 36.4 Å². The minimum absolute atomic E-state index is 0.567. The summed E-state index contributed by atoms with van der Waals surface area (Å²) in [6.07, 6.45) is 5.48. The van der Waals surface area contributed by atoms with Crippen LogP contribution < -0.4 is 0 Å².